The topological polar surface area (TPSA) is 61.6 Å². The van der Waals surface area contributed by atoms with Crippen molar-refractivity contribution in [2.45, 2.75) is 138 Å². The third-order valence-electron chi connectivity index (χ3n) is 13.3. The number of aryl methyl sites for hydroxylation is 1. The van der Waals surface area contributed by atoms with E-state index in [-0.39, 0.29) is 48.1 Å². The molecule has 0 saturated carbocycles. The van der Waals surface area contributed by atoms with Gasteiger partial charge in [-0.3, -0.25) is 0 Å². The van der Waals surface area contributed by atoms with E-state index in [0.29, 0.717) is 17.3 Å². The van der Waals surface area contributed by atoms with Crippen LogP contribution in [0.25, 0.3) is 61.6 Å². The molecular weight excluding hydrogens is 1050 g/mol. The van der Waals surface area contributed by atoms with Gasteiger partial charge in [-0.2, -0.15) is 16.8 Å². The van der Waals surface area contributed by atoms with Crippen LogP contribution < -0.4 is 9.30 Å². The van der Waals surface area contributed by atoms with Gasteiger partial charge < -0.3 is 18.9 Å². The van der Waals surface area contributed by atoms with Crippen molar-refractivity contribution in [3.05, 3.63) is 173 Å². The third kappa shape index (κ3) is 10.4. The number of hydrogen-bond donors (Lipinski definition) is 0. The number of ether oxygens (including phenoxy) is 1. The number of rotatable bonds is 7. The SMILES string of the molecule is Cc1cc(-n2c3[c-]c(Oc4[c-]c(-n5[c-][n+](-c6cc(C(C)(C)C)cc(C(C)(C)C)c6)c(-c6cc(C(C)(C)C)cc(C(C)(C)C)c6)n5)nc(C(C)(C)C)c4)ccc3c3ccccc32)ncc1-c1ccccc1.[Pt]. The van der Waals surface area contributed by atoms with Crippen LogP contribution in [-0.2, 0) is 48.1 Å². The first-order valence-electron chi connectivity index (χ1n) is 24.6. The Morgan fingerprint density at radius 1 is 0.549 bits per heavy atom. The molecule has 0 fully saturated rings. The molecule has 0 amide bonds. The summed E-state index contributed by atoms with van der Waals surface area (Å²) in [7, 11) is 0. The Labute approximate surface area is 436 Å². The van der Waals surface area contributed by atoms with Crippen molar-refractivity contribution >= 4 is 21.8 Å². The van der Waals surface area contributed by atoms with Gasteiger partial charge in [-0.15, -0.1) is 23.6 Å². The quantitative estimate of drug-likeness (QED) is 0.118. The van der Waals surface area contributed by atoms with E-state index in [9.17, 15) is 0 Å². The van der Waals surface area contributed by atoms with Crippen LogP contribution in [0, 0.1) is 25.4 Å². The maximum Gasteiger partial charge on any atom is 0.231 e. The number of para-hydroxylation sites is 1. The molecule has 0 saturated heterocycles. The summed E-state index contributed by atoms with van der Waals surface area (Å²) in [5.74, 6) is 3.09. The minimum Gasteiger partial charge on any atom is -0.522 e. The smallest absolute Gasteiger partial charge is 0.231 e. The van der Waals surface area contributed by atoms with Crippen LogP contribution in [-0.4, -0.2) is 24.3 Å². The van der Waals surface area contributed by atoms with Crippen LogP contribution in [0.3, 0.4) is 0 Å². The Morgan fingerprint density at radius 3 is 1.70 bits per heavy atom. The molecule has 4 aromatic heterocycles. The van der Waals surface area contributed by atoms with E-state index in [0.717, 1.165) is 67.1 Å². The summed E-state index contributed by atoms with van der Waals surface area (Å²) >= 11 is 0. The molecule has 0 aliphatic heterocycles. The number of pyridine rings is 2. The summed E-state index contributed by atoms with van der Waals surface area (Å²) in [5, 5.41) is 7.60. The van der Waals surface area contributed by atoms with Gasteiger partial charge in [0.05, 0.1) is 5.82 Å². The normalized spacial score (nSPS) is 12.7. The largest absolute Gasteiger partial charge is 0.522 e. The zero-order valence-electron chi connectivity index (χ0n) is 44.5. The van der Waals surface area contributed by atoms with Crippen LogP contribution in [0.4, 0.5) is 0 Å². The fraction of sp³-hybridized carbons (Fsp3) is 0.333. The summed E-state index contributed by atoms with van der Waals surface area (Å²) in [5.41, 5.74) is 12.3. The predicted octanol–water partition coefficient (Wildman–Crippen LogP) is 15.4. The number of benzene rings is 5. The molecule has 9 rings (SSSR count). The van der Waals surface area contributed by atoms with Gasteiger partial charge in [0.1, 0.15) is 5.82 Å². The molecule has 4 heterocycles. The number of nitrogens with zero attached hydrogens (tertiary/aromatic N) is 6. The molecule has 0 unspecified atom stereocenters. The minimum atomic E-state index is -0.339. The molecule has 0 aliphatic carbocycles. The zero-order valence-corrected chi connectivity index (χ0v) is 46.7. The third-order valence-corrected chi connectivity index (χ3v) is 13.3. The van der Waals surface area contributed by atoms with Crippen molar-refractivity contribution in [1.29, 1.82) is 0 Å². The van der Waals surface area contributed by atoms with Crippen molar-refractivity contribution in [3.8, 4) is 51.3 Å². The maximum absolute atomic E-state index is 6.84. The Bertz CT molecular complexity index is 3280. The second-order valence-electron chi connectivity index (χ2n) is 24.2. The summed E-state index contributed by atoms with van der Waals surface area (Å²) in [6, 6.07) is 48.1. The minimum absolute atomic E-state index is 0. The first kappa shape index (κ1) is 51.2. The van der Waals surface area contributed by atoms with Crippen LogP contribution in [0.5, 0.6) is 11.5 Å². The Hall–Kier alpha value is -6.17. The van der Waals surface area contributed by atoms with Crippen molar-refractivity contribution in [2.24, 2.45) is 0 Å². The van der Waals surface area contributed by atoms with Crippen LogP contribution in [0.15, 0.2) is 121 Å². The summed E-state index contributed by atoms with van der Waals surface area (Å²) < 4.78 is 12.9. The van der Waals surface area contributed by atoms with Gasteiger partial charge in [-0.05, 0) is 101 Å². The summed E-state index contributed by atoms with van der Waals surface area (Å²) in [6.07, 6.45) is 5.67. The van der Waals surface area contributed by atoms with Gasteiger partial charge >= 0.3 is 0 Å². The second-order valence-corrected chi connectivity index (χ2v) is 24.2. The molecule has 0 radical (unpaired) electrons. The molecule has 0 aliphatic rings. The standard InChI is InChI=1S/C63H68N6O.Pt/c1-40-28-56(64-38-52(40)41-22-18-17-19-23-41)69-53-25-21-20-24-50(53)51-27-26-48(35-54(51)69)70-49-36-55(63(14,15)16)65-57(37-49)68-39-67(47-33-45(61(8,9)10)32-46(34-47)62(11,12)13)58(66-68)42-29-43(59(2,3)4)31-44(30-42)60(5,6)7;/h17-34,36,38H,1-16H3;/q-2;. The van der Waals surface area contributed by atoms with Gasteiger partial charge in [0.2, 0.25) is 12.2 Å². The monoisotopic (exact) mass is 1120 g/mol. The molecule has 0 bridgehead atoms. The fourth-order valence-electron chi connectivity index (χ4n) is 8.85. The number of fused-ring (bicyclic) bond motifs is 3. The molecule has 0 atom stereocenters. The molecule has 8 heteroatoms. The molecule has 9 aromatic rings. The van der Waals surface area contributed by atoms with Gasteiger partial charge in [0.25, 0.3) is 0 Å². The van der Waals surface area contributed by atoms with Crippen molar-refractivity contribution in [1.82, 2.24) is 24.3 Å². The molecule has 368 valence electrons. The van der Waals surface area contributed by atoms with Crippen LogP contribution in [0.2, 0.25) is 0 Å². The van der Waals surface area contributed by atoms with Crippen molar-refractivity contribution in [2.75, 3.05) is 0 Å². The van der Waals surface area contributed by atoms with E-state index < -0.39 is 0 Å². The summed E-state index contributed by atoms with van der Waals surface area (Å²) in [4.78, 5) is 10.3. The van der Waals surface area contributed by atoms with Crippen molar-refractivity contribution in [3.63, 3.8) is 0 Å². The first-order chi connectivity index (χ1) is 32.7. The Morgan fingerprint density at radius 2 is 1.13 bits per heavy atom. The van der Waals surface area contributed by atoms with Gasteiger partial charge in [-0.1, -0.05) is 194 Å². The fourth-order valence-corrected chi connectivity index (χ4v) is 8.85. The van der Waals surface area contributed by atoms with Crippen LogP contribution >= 0.6 is 0 Å². The van der Waals surface area contributed by atoms with E-state index in [1.165, 1.54) is 22.3 Å². The van der Waals surface area contributed by atoms with Gasteiger partial charge in [-0.25, -0.2) is 4.98 Å². The Balaban J connectivity index is 0.00000676. The van der Waals surface area contributed by atoms with Crippen molar-refractivity contribution < 1.29 is 30.4 Å². The zero-order chi connectivity index (χ0) is 50.3. The average molecular weight is 1120 g/mol. The summed E-state index contributed by atoms with van der Waals surface area (Å²) in [6.45, 7) is 35.9. The molecular formula is C63H68N6OPt-2. The number of hydrogen-bond acceptors (Lipinski definition) is 4. The molecule has 7 nitrogen and oxygen atoms in total. The average Bonchev–Trinajstić information content (AvgIpc) is 3.88. The molecule has 0 spiro atoms. The molecule has 0 N–H and O–H groups in total. The van der Waals surface area contributed by atoms with Crippen LogP contribution in [0.1, 0.15) is 137 Å². The number of aromatic nitrogens is 6. The van der Waals surface area contributed by atoms with E-state index in [1.807, 2.05) is 24.4 Å². The first-order valence-corrected chi connectivity index (χ1v) is 24.6. The second kappa shape index (κ2) is 18.5. The Kier molecular flexibility index (Phi) is 13.3. The maximum atomic E-state index is 6.84. The molecule has 71 heavy (non-hydrogen) atoms. The van der Waals surface area contributed by atoms with E-state index >= 15 is 0 Å². The van der Waals surface area contributed by atoms with Gasteiger partial charge in [0.15, 0.2) is 0 Å². The van der Waals surface area contributed by atoms with E-state index in [2.05, 4.69) is 235 Å². The van der Waals surface area contributed by atoms with E-state index in [4.69, 9.17) is 19.8 Å². The van der Waals surface area contributed by atoms with E-state index in [1.54, 1.807) is 4.68 Å². The predicted molar refractivity (Wildman–Crippen MR) is 287 cm³/mol. The van der Waals surface area contributed by atoms with Gasteiger partial charge in [0, 0.05) is 55.3 Å². The molecule has 5 aromatic carbocycles.